The van der Waals surface area contributed by atoms with Crippen LogP contribution in [0.3, 0.4) is 0 Å². The second-order valence-electron chi connectivity index (χ2n) is 5.94. The van der Waals surface area contributed by atoms with Crippen LogP contribution < -0.4 is 5.32 Å². The molecule has 0 atom stereocenters. The fourth-order valence-corrected chi connectivity index (χ4v) is 3.57. The van der Waals surface area contributed by atoms with Crippen molar-refractivity contribution in [1.82, 2.24) is 15.2 Å². The van der Waals surface area contributed by atoms with Gasteiger partial charge in [-0.2, -0.15) is 18.3 Å². The third kappa shape index (κ3) is 3.75. The lowest BCUT2D eigenvalue weighted by Gasteiger charge is -2.09. The third-order valence-electron chi connectivity index (χ3n) is 3.97. The highest BCUT2D eigenvalue weighted by Crippen LogP contribution is 2.31. The minimum Gasteiger partial charge on any atom is -0.339 e. The molecule has 136 valence electrons. The van der Waals surface area contributed by atoms with Crippen LogP contribution in [0.25, 0.3) is 21.3 Å². The number of benzene rings is 2. The number of nitrogens with one attached hydrogen (secondary N) is 1. The molecule has 4 nitrogen and oxygen atoms in total. The summed E-state index contributed by atoms with van der Waals surface area (Å²) in [7, 11) is 0. The van der Waals surface area contributed by atoms with Crippen molar-refractivity contribution in [1.29, 1.82) is 0 Å². The highest BCUT2D eigenvalue weighted by molar-refractivity contribution is 7.18. The van der Waals surface area contributed by atoms with Gasteiger partial charge in [0, 0.05) is 11.3 Å². The first kappa shape index (κ1) is 17.4. The molecule has 2 heterocycles. The van der Waals surface area contributed by atoms with Gasteiger partial charge < -0.3 is 5.32 Å². The Hall–Kier alpha value is -3.00. The lowest BCUT2D eigenvalue weighted by atomic mass is 10.1. The van der Waals surface area contributed by atoms with Gasteiger partial charge in [0.25, 0.3) is 0 Å². The third-order valence-corrected chi connectivity index (χ3v) is 4.90. The molecule has 4 aromatic rings. The van der Waals surface area contributed by atoms with Crippen molar-refractivity contribution in [3.63, 3.8) is 0 Å². The fraction of sp³-hybridized carbons (Fsp3) is 0.105. The lowest BCUT2D eigenvalue weighted by molar-refractivity contribution is -0.137. The number of fused-ring (bicyclic) bond motifs is 1. The Morgan fingerprint density at radius 1 is 0.963 bits per heavy atom. The number of aromatic nitrogens is 3. The van der Waals surface area contributed by atoms with Gasteiger partial charge in [0.1, 0.15) is 0 Å². The summed E-state index contributed by atoms with van der Waals surface area (Å²) in [5, 5.41) is 12.2. The maximum absolute atomic E-state index is 12.7. The average molecular weight is 386 g/mol. The van der Waals surface area contributed by atoms with Crippen LogP contribution in [0.2, 0.25) is 0 Å². The van der Waals surface area contributed by atoms with E-state index in [1.165, 1.54) is 18.3 Å². The standard InChI is InChI=1S/C19H13F3N4S/c1-11-24-16-7-6-15(9-17(16)27-11)25-18-8-13(10-23-26-18)12-2-4-14(5-3-12)19(20,21)22/h2-10H,1H3,(H,25,26). The Labute approximate surface area is 156 Å². The van der Waals surface area contributed by atoms with Gasteiger partial charge in [-0.3, -0.25) is 0 Å². The molecule has 0 aliphatic heterocycles. The van der Waals surface area contributed by atoms with Crippen molar-refractivity contribution < 1.29 is 13.2 Å². The van der Waals surface area contributed by atoms with Crippen LogP contribution in [0.1, 0.15) is 10.6 Å². The van der Waals surface area contributed by atoms with E-state index in [0.29, 0.717) is 16.9 Å². The normalized spacial score (nSPS) is 11.7. The summed E-state index contributed by atoms with van der Waals surface area (Å²) in [5.74, 6) is 0.507. The topological polar surface area (TPSA) is 50.7 Å². The van der Waals surface area contributed by atoms with Gasteiger partial charge in [-0.05, 0) is 48.9 Å². The van der Waals surface area contributed by atoms with Gasteiger partial charge >= 0.3 is 6.18 Å². The number of rotatable bonds is 3. The summed E-state index contributed by atoms with van der Waals surface area (Å²) in [4.78, 5) is 4.42. The van der Waals surface area contributed by atoms with Gasteiger partial charge in [0.2, 0.25) is 0 Å². The molecule has 0 unspecified atom stereocenters. The number of halogens is 3. The molecule has 8 heteroatoms. The maximum atomic E-state index is 12.7. The zero-order valence-corrected chi connectivity index (χ0v) is 14.9. The zero-order valence-electron chi connectivity index (χ0n) is 14.1. The van der Waals surface area contributed by atoms with Gasteiger partial charge in [0.05, 0.1) is 27.0 Å². The molecule has 2 aromatic heterocycles. The van der Waals surface area contributed by atoms with Gasteiger partial charge in [-0.15, -0.1) is 16.4 Å². The number of alkyl halides is 3. The van der Waals surface area contributed by atoms with Gasteiger partial charge in [0.15, 0.2) is 5.82 Å². The summed E-state index contributed by atoms with van der Waals surface area (Å²) in [5.41, 5.74) is 2.41. The molecule has 0 bridgehead atoms. The first-order chi connectivity index (χ1) is 12.9. The van der Waals surface area contributed by atoms with E-state index in [4.69, 9.17) is 0 Å². The molecule has 0 spiro atoms. The Kier molecular flexibility index (Phi) is 4.27. The summed E-state index contributed by atoms with van der Waals surface area (Å²) >= 11 is 1.60. The first-order valence-corrected chi connectivity index (χ1v) is 8.85. The van der Waals surface area contributed by atoms with Crippen molar-refractivity contribution >= 4 is 33.1 Å². The zero-order chi connectivity index (χ0) is 19.0. The second kappa shape index (κ2) is 6.62. The molecule has 0 radical (unpaired) electrons. The Bertz CT molecular complexity index is 1100. The van der Waals surface area contributed by atoms with Crippen molar-refractivity contribution in [2.75, 3.05) is 5.32 Å². The number of aryl methyl sites for hydroxylation is 1. The number of nitrogens with zero attached hydrogens (tertiary/aromatic N) is 3. The van der Waals surface area contributed by atoms with Gasteiger partial charge in [-0.1, -0.05) is 12.1 Å². The molecule has 1 N–H and O–H groups in total. The van der Waals surface area contributed by atoms with E-state index in [9.17, 15) is 13.2 Å². The van der Waals surface area contributed by atoms with Crippen molar-refractivity contribution in [2.24, 2.45) is 0 Å². The fourth-order valence-electron chi connectivity index (χ4n) is 2.70. The molecule has 4 rings (SSSR count). The maximum Gasteiger partial charge on any atom is 0.416 e. The molecule has 27 heavy (non-hydrogen) atoms. The van der Waals surface area contributed by atoms with Crippen molar-refractivity contribution in [3.8, 4) is 11.1 Å². The van der Waals surface area contributed by atoms with E-state index in [1.807, 2.05) is 25.1 Å². The second-order valence-corrected chi connectivity index (χ2v) is 7.18. The van der Waals surface area contributed by atoms with Crippen LogP contribution in [0, 0.1) is 6.92 Å². The van der Waals surface area contributed by atoms with Crippen LogP contribution in [-0.4, -0.2) is 15.2 Å². The predicted molar refractivity (Wildman–Crippen MR) is 100 cm³/mol. The largest absolute Gasteiger partial charge is 0.416 e. The minimum atomic E-state index is -4.35. The van der Waals surface area contributed by atoms with E-state index < -0.39 is 11.7 Å². The first-order valence-electron chi connectivity index (χ1n) is 8.03. The number of hydrogen-bond donors (Lipinski definition) is 1. The van der Waals surface area contributed by atoms with Crippen LogP contribution in [0.15, 0.2) is 54.7 Å². The van der Waals surface area contributed by atoms with E-state index in [1.54, 1.807) is 17.4 Å². The number of anilines is 2. The van der Waals surface area contributed by atoms with E-state index in [-0.39, 0.29) is 0 Å². The summed E-state index contributed by atoms with van der Waals surface area (Å²) in [6.45, 7) is 1.96. The van der Waals surface area contributed by atoms with Crippen LogP contribution in [0.5, 0.6) is 0 Å². The summed E-state index contributed by atoms with van der Waals surface area (Å²) in [6.07, 6.45) is -2.83. The highest BCUT2D eigenvalue weighted by atomic mass is 32.1. The molecule has 0 aliphatic rings. The molecule has 0 fully saturated rings. The van der Waals surface area contributed by atoms with E-state index in [0.717, 1.165) is 33.0 Å². The predicted octanol–water partition coefficient (Wildman–Crippen LogP) is 5.82. The van der Waals surface area contributed by atoms with E-state index in [2.05, 4.69) is 20.5 Å². The van der Waals surface area contributed by atoms with Crippen LogP contribution >= 0.6 is 11.3 Å². The lowest BCUT2D eigenvalue weighted by Crippen LogP contribution is -2.04. The Morgan fingerprint density at radius 3 is 2.48 bits per heavy atom. The van der Waals surface area contributed by atoms with Crippen molar-refractivity contribution in [2.45, 2.75) is 13.1 Å². The highest BCUT2D eigenvalue weighted by Gasteiger charge is 2.29. The Morgan fingerprint density at radius 2 is 1.74 bits per heavy atom. The number of thiazole rings is 1. The minimum absolute atomic E-state index is 0.507. The van der Waals surface area contributed by atoms with Crippen LogP contribution in [-0.2, 0) is 6.18 Å². The monoisotopic (exact) mass is 386 g/mol. The SMILES string of the molecule is Cc1nc2ccc(Nc3cc(-c4ccc(C(F)(F)F)cc4)cnn3)cc2s1. The molecular formula is C19H13F3N4S. The smallest absolute Gasteiger partial charge is 0.339 e. The van der Waals surface area contributed by atoms with Gasteiger partial charge in [-0.25, -0.2) is 4.98 Å². The summed E-state index contributed by atoms with van der Waals surface area (Å²) < 4.78 is 39.2. The molecule has 0 amide bonds. The van der Waals surface area contributed by atoms with Crippen molar-refractivity contribution in [3.05, 3.63) is 65.3 Å². The Balaban J connectivity index is 1.59. The van der Waals surface area contributed by atoms with Crippen LogP contribution in [0.4, 0.5) is 24.7 Å². The molecular weight excluding hydrogens is 373 g/mol. The molecule has 0 saturated carbocycles. The average Bonchev–Trinajstić information content (AvgIpc) is 3.01. The quantitative estimate of drug-likeness (QED) is 0.482. The molecule has 2 aromatic carbocycles. The molecule has 0 saturated heterocycles. The summed E-state index contributed by atoms with van der Waals surface area (Å²) in [6, 6.07) is 12.5. The molecule has 0 aliphatic carbocycles. The van der Waals surface area contributed by atoms with E-state index >= 15 is 0 Å². The number of hydrogen-bond acceptors (Lipinski definition) is 5.